The molecule has 5 rings (SSSR count). The average molecular weight is 413 g/mol. The van der Waals surface area contributed by atoms with E-state index in [1.165, 1.54) is 22.5 Å². The van der Waals surface area contributed by atoms with Crippen LogP contribution in [0.15, 0.2) is 22.8 Å². The Morgan fingerprint density at radius 3 is 2.79 bits per heavy atom. The molecular formula is C22H24N2O4S. The highest BCUT2D eigenvalue weighted by atomic mass is 32.1. The van der Waals surface area contributed by atoms with Crippen LogP contribution < -0.4 is 5.32 Å². The maximum atomic E-state index is 13.1. The first kappa shape index (κ1) is 18.6. The number of hydrogen-bond acceptors (Lipinski definition) is 5. The third-order valence-corrected chi connectivity index (χ3v) is 7.41. The van der Waals surface area contributed by atoms with Crippen molar-refractivity contribution in [2.24, 2.45) is 11.8 Å². The molecule has 1 aliphatic heterocycles. The molecule has 3 aliphatic rings. The fraction of sp³-hybridized carbons (Fsp3) is 0.500. The number of nitrogens with zero attached hydrogens (tertiary/aromatic N) is 1. The summed E-state index contributed by atoms with van der Waals surface area (Å²) in [6.45, 7) is 2.70. The van der Waals surface area contributed by atoms with Crippen molar-refractivity contribution in [1.82, 2.24) is 4.90 Å². The van der Waals surface area contributed by atoms with E-state index in [-0.39, 0.29) is 35.7 Å². The molecule has 1 saturated heterocycles. The van der Waals surface area contributed by atoms with Gasteiger partial charge in [-0.2, -0.15) is 0 Å². The lowest BCUT2D eigenvalue weighted by molar-refractivity contribution is -0.128. The second-order valence-corrected chi connectivity index (χ2v) is 9.64. The van der Waals surface area contributed by atoms with E-state index in [1.54, 1.807) is 12.1 Å². The Bertz CT molecular complexity index is 973. The van der Waals surface area contributed by atoms with Crippen molar-refractivity contribution in [2.75, 3.05) is 11.9 Å². The number of rotatable bonds is 5. The van der Waals surface area contributed by atoms with Crippen LogP contribution in [0.5, 0.6) is 0 Å². The van der Waals surface area contributed by atoms with Gasteiger partial charge < -0.3 is 14.6 Å². The molecule has 2 fully saturated rings. The Hall–Kier alpha value is -2.41. The van der Waals surface area contributed by atoms with Gasteiger partial charge in [-0.25, -0.2) is 0 Å². The van der Waals surface area contributed by atoms with Crippen LogP contribution in [-0.2, 0) is 22.4 Å². The maximum Gasteiger partial charge on any atom is 0.231 e. The zero-order valence-electron chi connectivity index (χ0n) is 16.4. The van der Waals surface area contributed by atoms with Gasteiger partial charge in [0.05, 0.1) is 17.7 Å². The first-order chi connectivity index (χ1) is 14.0. The number of nitrogens with one attached hydrogen (secondary N) is 1. The average Bonchev–Trinajstić information content (AvgIpc) is 3.11. The molecule has 2 amide bonds. The summed E-state index contributed by atoms with van der Waals surface area (Å²) in [6.07, 6.45) is 6.61. The summed E-state index contributed by atoms with van der Waals surface area (Å²) in [7, 11) is 0. The van der Waals surface area contributed by atoms with E-state index in [2.05, 4.69) is 12.2 Å². The number of furan rings is 1. The first-order valence-corrected chi connectivity index (χ1v) is 11.2. The largest absolute Gasteiger partial charge is 0.461 e. The molecule has 2 aliphatic carbocycles. The maximum absolute atomic E-state index is 13.1. The topological polar surface area (TPSA) is 79.6 Å². The number of likely N-dealkylation sites (tertiary alicyclic amines) is 1. The van der Waals surface area contributed by atoms with E-state index in [9.17, 15) is 14.4 Å². The normalized spacial score (nSPS) is 23.9. The van der Waals surface area contributed by atoms with Crippen molar-refractivity contribution >= 4 is 33.9 Å². The number of thiophene rings is 1. The molecule has 1 N–H and O–H groups in total. The molecule has 1 saturated carbocycles. The van der Waals surface area contributed by atoms with E-state index < -0.39 is 0 Å². The first-order valence-electron chi connectivity index (χ1n) is 10.3. The number of anilines is 1. The Kier molecular flexibility index (Phi) is 4.57. The van der Waals surface area contributed by atoms with Crippen LogP contribution in [0.4, 0.5) is 5.00 Å². The van der Waals surface area contributed by atoms with Crippen LogP contribution in [0.25, 0.3) is 0 Å². The van der Waals surface area contributed by atoms with Crippen molar-refractivity contribution in [3.8, 4) is 0 Å². The zero-order chi connectivity index (χ0) is 20.1. The fourth-order valence-electron chi connectivity index (χ4n) is 4.47. The van der Waals surface area contributed by atoms with Crippen molar-refractivity contribution < 1.29 is 18.8 Å². The standard InChI is InChI=1S/C22H24N2O4S/c1-12-4-7-15-17(9-12)29-22(19(15)20(26)16-3-2-8-28-16)23-21(27)13-10-18(25)24(11-13)14-5-6-14/h2-3,8,12-14H,4-7,9-11H2,1H3,(H,23,27). The highest BCUT2D eigenvalue weighted by molar-refractivity contribution is 7.17. The number of carbonyl (C=O) groups excluding carboxylic acids is 3. The molecule has 6 nitrogen and oxygen atoms in total. The van der Waals surface area contributed by atoms with Crippen LogP contribution in [0.3, 0.4) is 0 Å². The van der Waals surface area contributed by atoms with Crippen LogP contribution in [0, 0.1) is 11.8 Å². The molecule has 152 valence electrons. The van der Waals surface area contributed by atoms with Gasteiger partial charge in [-0.3, -0.25) is 14.4 Å². The van der Waals surface area contributed by atoms with Crippen molar-refractivity contribution in [3.05, 3.63) is 40.2 Å². The van der Waals surface area contributed by atoms with E-state index >= 15 is 0 Å². The molecule has 0 aromatic carbocycles. The minimum atomic E-state index is -0.354. The van der Waals surface area contributed by atoms with Gasteiger partial charge in [0.1, 0.15) is 5.00 Å². The Morgan fingerprint density at radius 2 is 2.07 bits per heavy atom. The highest BCUT2D eigenvalue weighted by Gasteiger charge is 2.42. The van der Waals surface area contributed by atoms with E-state index in [0.717, 1.165) is 37.7 Å². The summed E-state index contributed by atoms with van der Waals surface area (Å²) in [5.41, 5.74) is 1.62. The predicted octanol–water partition coefficient (Wildman–Crippen LogP) is 3.65. The Labute approximate surface area is 173 Å². The lowest BCUT2D eigenvalue weighted by Gasteiger charge is -2.18. The minimum absolute atomic E-state index is 0.0684. The number of amides is 2. The Morgan fingerprint density at radius 1 is 1.24 bits per heavy atom. The highest BCUT2D eigenvalue weighted by Crippen LogP contribution is 2.41. The summed E-state index contributed by atoms with van der Waals surface area (Å²) in [4.78, 5) is 41.4. The molecule has 0 spiro atoms. The molecule has 2 aromatic rings. The van der Waals surface area contributed by atoms with Crippen LogP contribution in [0.1, 0.15) is 59.2 Å². The Balaban J connectivity index is 1.42. The number of ketones is 1. The summed E-state index contributed by atoms with van der Waals surface area (Å²) in [5, 5.41) is 3.61. The number of carbonyl (C=O) groups is 3. The third kappa shape index (κ3) is 3.41. The van der Waals surface area contributed by atoms with E-state index in [1.807, 2.05) is 4.90 Å². The molecule has 7 heteroatoms. The van der Waals surface area contributed by atoms with Gasteiger partial charge in [0.15, 0.2) is 5.76 Å². The molecule has 0 bridgehead atoms. The van der Waals surface area contributed by atoms with Crippen molar-refractivity contribution in [2.45, 2.75) is 51.5 Å². The smallest absolute Gasteiger partial charge is 0.231 e. The lowest BCUT2D eigenvalue weighted by atomic mass is 9.87. The molecular weight excluding hydrogens is 388 g/mol. The summed E-state index contributed by atoms with van der Waals surface area (Å²) in [6, 6.07) is 3.68. The zero-order valence-corrected chi connectivity index (χ0v) is 17.2. The van der Waals surface area contributed by atoms with Crippen molar-refractivity contribution in [1.29, 1.82) is 0 Å². The molecule has 2 atom stereocenters. The fourth-order valence-corrected chi connectivity index (χ4v) is 5.88. The molecule has 2 aromatic heterocycles. The molecule has 29 heavy (non-hydrogen) atoms. The predicted molar refractivity (Wildman–Crippen MR) is 109 cm³/mol. The molecule has 0 radical (unpaired) electrons. The quantitative estimate of drug-likeness (QED) is 0.761. The van der Waals surface area contributed by atoms with Gasteiger partial charge in [-0.1, -0.05) is 6.92 Å². The van der Waals surface area contributed by atoms with Crippen molar-refractivity contribution in [3.63, 3.8) is 0 Å². The molecule has 3 heterocycles. The van der Waals surface area contributed by atoms with Crippen LogP contribution >= 0.6 is 11.3 Å². The van der Waals surface area contributed by atoms with Gasteiger partial charge >= 0.3 is 0 Å². The summed E-state index contributed by atoms with van der Waals surface area (Å²) >= 11 is 1.51. The van der Waals surface area contributed by atoms with E-state index in [0.29, 0.717) is 29.1 Å². The number of fused-ring (bicyclic) bond motifs is 1. The minimum Gasteiger partial charge on any atom is -0.461 e. The van der Waals surface area contributed by atoms with Gasteiger partial charge in [0, 0.05) is 23.9 Å². The SMILES string of the molecule is CC1CCc2c(sc(NC(=O)C3CC(=O)N(C4CC4)C3)c2C(=O)c2ccco2)C1. The second kappa shape index (κ2) is 7.13. The van der Waals surface area contributed by atoms with Gasteiger partial charge in [-0.05, 0) is 55.7 Å². The van der Waals surface area contributed by atoms with Gasteiger partial charge in [0.25, 0.3) is 0 Å². The van der Waals surface area contributed by atoms with Gasteiger partial charge in [-0.15, -0.1) is 11.3 Å². The third-order valence-electron chi connectivity index (χ3n) is 6.24. The summed E-state index contributed by atoms with van der Waals surface area (Å²) < 4.78 is 5.34. The monoisotopic (exact) mass is 412 g/mol. The van der Waals surface area contributed by atoms with Gasteiger partial charge in [0.2, 0.25) is 17.6 Å². The van der Waals surface area contributed by atoms with Crippen LogP contribution in [-0.4, -0.2) is 35.1 Å². The second-order valence-electron chi connectivity index (χ2n) is 8.53. The summed E-state index contributed by atoms with van der Waals surface area (Å²) in [5.74, 6) is 0.221. The lowest BCUT2D eigenvalue weighted by Crippen LogP contribution is -2.30. The van der Waals surface area contributed by atoms with E-state index in [4.69, 9.17) is 4.42 Å². The van der Waals surface area contributed by atoms with Crippen LogP contribution in [0.2, 0.25) is 0 Å². The number of hydrogen-bond donors (Lipinski definition) is 1. The molecule has 2 unspecified atom stereocenters.